The first kappa shape index (κ1) is 38.2. The van der Waals surface area contributed by atoms with Gasteiger partial charge in [0.15, 0.2) is 5.72 Å². The Morgan fingerprint density at radius 2 is 1.96 bits per heavy atom. The summed E-state index contributed by atoms with van der Waals surface area (Å²) in [7, 11) is 6.01. The molecular weight excluding hydrogens is 658 g/mol. The van der Waals surface area contributed by atoms with Crippen molar-refractivity contribution in [2.75, 3.05) is 33.2 Å². The van der Waals surface area contributed by atoms with Crippen LogP contribution >= 0.6 is 11.6 Å². The molecule has 0 aromatic heterocycles. The van der Waals surface area contributed by atoms with Gasteiger partial charge in [0.25, 0.3) is 0 Å². The van der Waals surface area contributed by atoms with Crippen molar-refractivity contribution in [1.82, 2.24) is 10.2 Å². The largest absolute Gasteiger partial charge is 0.495 e. The summed E-state index contributed by atoms with van der Waals surface area (Å²) in [6.45, 7) is 8.68. The number of methoxy groups -OCH3 is 2. The maximum atomic E-state index is 14.0. The SMILES string of the molecule is CCC(=O)N(C)C(C)C(=O)O[C@@H]1CC(=O)N(C)c2cc(cc(OC)c2Cl)C/C(C)=C/C=C/[C@@H](OC)[C@@]2(O)C[C@H](OC(=O)N2)[C@@H](C)[C@H]2O[C@]21C. The lowest BCUT2D eigenvalue weighted by Crippen LogP contribution is -2.63. The highest BCUT2D eigenvalue weighted by Gasteiger charge is 2.64. The third kappa shape index (κ3) is 8.06. The predicted molar refractivity (Wildman–Crippen MR) is 181 cm³/mol. The van der Waals surface area contributed by atoms with Crippen molar-refractivity contribution in [1.29, 1.82) is 0 Å². The molecule has 270 valence electrons. The zero-order chi connectivity index (χ0) is 36.4. The lowest BCUT2D eigenvalue weighted by atomic mass is 9.83. The number of aliphatic hydroxyl groups is 1. The number of likely N-dealkylation sites (N-methyl/N-ethyl adjacent to an activating group) is 1. The third-order valence-corrected chi connectivity index (χ3v) is 10.2. The molecule has 3 amide bonds. The minimum Gasteiger partial charge on any atom is -0.495 e. The van der Waals surface area contributed by atoms with Crippen LogP contribution in [0, 0.1) is 5.92 Å². The number of anilines is 1. The van der Waals surface area contributed by atoms with E-state index >= 15 is 0 Å². The highest BCUT2D eigenvalue weighted by atomic mass is 35.5. The van der Waals surface area contributed by atoms with Gasteiger partial charge in [0, 0.05) is 40.0 Å². The van der Waals surface area contributed by atoms with Crippen LogP contribution in [0.25, 0.3) is 0 Å². The number of esters is 1. The fourth-order valence-electron chi connectivity index (χ4n) is 6.47. The second-order valence-electron chi connectivity index (χ2n) is 13.3. The Kier molecular flexibility index (Phi) is 11.7. The van der Waals surface area contributed by atoms with E-state index in [-0.39, 0.29) is 30.2 Å². The molecule has 0 spiro atoms. The van der Waals surface area contributed by atoms with E-state index in [9.17, 15) is 24.3 Å². The highest BCUT2D eigenvalue weighted by Crippen LogP contribution is 2.49. The lowest BCUT2D eigenvalue weighted by molar-refractivity contribution is -0.162. The number of hydrogen-bond acceptors (Lipinski definition) is 10. The Hall–Kier alpha value is -3.65. The van der Waals surface area contributed by atoms with Crippen LogP contribution in [0.4, 0.5) is 10.5 Å². The number of carbonyl (C=O) groups excluding carboxylic acids is 4. The maximum Gasteiger partial charge on any atom is 0.409 e. The number of carbonyl (C=O) groups is 4. The van der Waals surface area contributed by atoms with Gasteiger partial charge >= 0.3 is 12.1 Å². The number of epoxide rings is 1. The summed E-state index contributed by atoms with van der Waals surface area (Å²) in [6.07, 6.45) is 1.22. The second kappa shape index (κ2) is 15.1. The van der Waals surface area contributed by atoms with E-state index in [1.807, 2.05) is 13.0 Å². The fraction of sp³-hybridized carbons (Fsp3) is 0.600. The van der Waals surface area contributed by atoms with Crippen LogP contribution in [-0.4, -0.2) is 104 Å². The first-order valence-electron chi connectivity index (χ1n) is 16.3. The van der Waals surface area contributed by atoms with Crippen LogP contribution in [0.3, 0.4) is 0 Å². The van der Waals surface area contributed by atoms with Gasteiger partial charge in [-0.15, -0.1) is 0 Å². The molecule has 2 saturated heterocycles. The van der Waals surface area contributed by atoms with Crippen molar-refractivity contribution in [2.24, 2.45) is 5.92 Å². The molecule has 1 aromatic carbocycles. The van der Waals surface area contributed by atoms with Crippen molar-refractivity contribution in [3.05, 3.63) is 46.5 Å². The molecule has 1 aromatic rings. The Balaban J connectivity index is 1.79. The molecule has 3 aliphatic heterocycles. The average molecular weight is 706 g/mol. The molecule has 49 heavy (non-hydrogen) atoms. The van der Waals surface area contributed by atoms with Gasteiger partial charge in [0.05, 0.1) is 25.3 Å². The van der Waals surface area contributed by atoms with E-state index in [0.717, 1.165) is 11.1 Å². The molecule has 0 radical (unpaired) electrons. The number of ether oxygens (including phenoxy) is 5. The van der Waals surface area contributed by atoms with Crippen LogP contribution in [-0.2, 0) is 39.8 Å². The molecule has 3 aliphatic rings. The van der Waals surface area contributed by atoms with Gasteiger partial charge in [0.1, 0.15) is 40.7 Å². The topological polar surface area (TPSA) is 156 Å². The van der Waals surface area contributed by atoms with E-state index in [0.29, 0.717) is 17.9 Å². The number of rotatable bonds is 6. The van der Waals surface area contributed by atoms with Gasteiger partial charge in [-0.2, -0.15) is 0 Å². The number of allylic oxidation sites excluding steroid dienone is 3. The quantitative estimate of drug-likeness (QED) is 0.329. The fourth-order valence-corrected chi connectivity index (χ4v) is 6.78. The summed E-state index contributed by atoms with van der Waals surface area (Å²) in [5, 5.41) is 14.4. The summed E-state index contributed by atoms with van der Waals surface area (Å²) in [6, 6.07) is 2.64. The second-order valence-corrected chi connectivity index (χ2v) is 13.6. The molecule has 2 N–H and O–H groups in total. The minimum atomic E-state index is -1.82. The molecule has 8 atom stereocenters. The minimum absolute atomic E-state index is 0.0431. The molecule has 2 fully saturated rings. The van der Waals surface area contributed by atoms with Crippen molar-refractivity contribution in [2.45, 2.75) is 102 Å². The average Bonchev–Trinajstić information content (AvgIpc) is 3.76. The van der Waals surface area contributed by atoms with Crippen molar-refractivity contribution in [3.63, 3.8) is 0 Å². The van der Waals surface area contributed by atoms with Gasteiger partial charge < -0.3 is 38.6 Å². The van der Waals surface area contributed by atoms with E-state index < -0.39 is 65.7 Å². The number of fused-ring (bicyclic) bond motifs is 5. The van der Waals surface area contributed by atoms with Crippen molar-refractivity contribution < 1.29 is 48.0 Å². The monoisotopic (exact) mass is 705 g/mol. The molecule has 0 aliphatic carbocycles. The zero-order valence-corrected chi connectivity index (χ0v) is 30.3. The van der Waals surface area contributed by atoms with E-state index in [4.69, 9.17) is 35.3 Å². The van der Waals surface area contributed by atoms with Crippen molar-refractivity contribution in [3.8, 4) is 5.75 Å². The van der Waals surface area contributed by atoms with Gasteiger partial charge in [-0.1, -0.05) is 49.2 Å². The van der Waals surface area contributed by atoms with Gasteiger partial charge in [-0.25, -0.2) is 9.59 Å². The van der Waals surface area contributed by atoms with E-state index in [1.165, 1.54) is 31.1 Å². The van der Waals surface area contributed by atoms with E-state index in [2.05, 4.69) is 5.32 Å². The Morgan fingerprint density at radius 3 is 2.59 bits per heavy atom. The number of nitrogens with one attached hydrogen (secondary N) is 1. The van der Waals surface area contributed by atoms with Crippen molar-refractivity contribution >= 4 is 41.2 Å². The molecule has 3 heterocycles. The Labute approximate surface area is 292 Å². The van der Waals surface area contributed by atoms with Crippen LogP contribution in [0.5, 0.6) is 5.75 Å². The number of benzene rings is 1. The van der Waals surface area contributed by atoms with Crippen LogP contribution < -0.4 is 15.0 Å². The molecule has 4 bridgehead atoms. The summed E-state index contributed by atoms with van der Waals surface area (Å²) < 4.78 is 29.0. The smallest absolute Gasteiger partial charge is 0.409 e. The number of halogens is 1. The first-order chi connectivity index (χ1) is 23.0. The summed E-state index contributed by atoms with van der Waals surface area (Å²) in [5.41, 5.74) is -0.870. The molecule has 1 unspecified atom stereocenters. The van der Waals surface area contributed by atoms with Crippen LogP contribution in [0.1, 0.15) is 59.4 Å². The Bertz CT molecular complexity index is 1520. The van der Waals surface area contributed by atoms with Gasteiger partial charge in [-0.05, 0) is 44.9 Å². The summed E-state index contributed by atoms with van der Waals surface area (Å²) in [4.78, 5) is 55.3. The van der Waals surface area contributed by atoms with Crippen LogP contribution in [0.15, 0.2) is 35.9 Å². The molecular formula is C35H48ClN3O10. The van der Waals surface area contributed by atoms with Crippen LogP contribution in [0.2, 0.25) is 5.02 Å². The number of alkyl carbamates (subject to hydrolysis) is 1. The third-order valence-electron chi connectivity index (χ3n) is 9.83. The number of amides is 3. The molecule has 14 heteroatoms. The summed E-state index contributed by atoms with van der Waals surface area (Å²) >= 11 is 6.72. The summed E-state index contributed by atoms with van der Waals surface area (Å²) in [5.74, 6) is -1.53. The predicted octanol–water partition coefficient (Wildman–Crippen LogP) is 3.92. The standard InChI is InChI=1S/C35H48ClN3O10/c1-10-28(40)38(6)21(4)32(42)48-27-17-29(41)39(7)23-15-22(16-24(45-8)30(23)36)14-19(2)12-11-13-26(46-9)35(44)18-25(47-33(43)37-35)20(3)31-34(27,5)49-31/h11-13,15-16,20-21,25-27,31,44H,10,14,17-18H2,1-9H3,(H,37,43)/b13-11+,19-12+/t20-,21?,25+,26-,27-,31-,34+,35+/m1/s1. The zero-order valence-electron chi connectivity index (χ0n) is 29.6. The maximum absolute atomic E-state index is 14.0. The number of nitrogens with zero attached hydrogens (tertiary/aromatic N) is 2. The Morgan fingerprint density at radius 1 is 1.27 bits per heavy atom. The van der Waals surface area contributed by atoms with Gasteiger partial charge in [-0.3, -0.25) is 14.9 Å². The van der Waals surface area contributed by atoms with Gasteiger partial charge in [0.2, 0.25) is 11.8 Å². The molecule has 4 rings (SSSR count). The normalized spacial score (nSPS) is 32.8. The van der Waals surface area contributed by atoms with E-state index in [1.54, 1.807) is 59.0 Å². The number of hydrogen-bond donors (Lipinski definition) is 2. The first-order valence-corrected chi connectivity index (χ1v) is 16.7. The highest BCUT2D eigenvalue weighted by molar-refractivity contribution is 6.35. The molecule has 0 saturated carbocycles. The molecule has 13 nitrogen and oxygen atoms in total. The lowest BCUT2D eigenvalue weighted by Gasteiger charge is -2.42.